The summed E-state index contributed by atoms with van der Waals surface area (Å²) in [6, 6.07) is 1.47. The van der Waals surface area contributed by atoms with Gasteiger partial charge in [-0.2, -0.15) is 0 Å². The third-order valence-electron chi connectivity index (χ3n) is 2.12. The van der Waals surface area contributed by atoms with Crippen molar-refractivity contribution < 1.29 is 14.6 Å². The molecule has 0 radical (unpaired) electrons. The first-order chi connectivity index (χ1) is 8.22. The molecule has 2 aromatic heterocycles. The van der Waals surface area contributed by atoms with Gasteiger partial charge in [-0.1, -0.05) is 0 Å². The topological polar surface area (TPSA) is 85.2 Å². The van der Waals surface area contributed by atoms with Gasteiger partial charge in [-0.15, -0.1) is 0 Å². The lowest BCUT2D eigenvalue weighted by atomic mass is 10.1. The SMILES string of the molecule is COc1nccnc1-c1cncc(C(=O)O)c1. The molecule has 2 rings (SSSR count). The number of aromatic carboxylic acids is 1. The molecule has 6 heteroatoms. The Labute approximate surface area is 96.9 Å². The average Bonchev–Trinajstić information content (AvgIpc) is 2.39. The molecule has 0 unspecified atom stereocenters. The van der Waals surface area contributed by atoms with E-state index in [0.717, 1.165) is 0 Å². The Bertz CT molecular complexity index is 557. The maximum atomic E-state index is 10.8. The zero-order valence-corrected chi connectivity index (χ0v) is 8.99. The second kappa shape index (κ2) is 4.56. The van der Waals surface area contributed by atoms with E-state index in [4.69, 9.17) is 9.84 Å². The Morgan fingerprint density at radius 1 is 1.29 bits per heavy atom. The van der Waals surface area contributed by atoms with Gasteiger partial charge < -0.3 is 9.84 Å². The highest BCUT2D eigenvalue weighted by atomic mass is 16.5. The van der Waals surface area contributed by atoms with E-state index in [1.165, 1.54) is 38.0 Å². The van der Waals surface area contributed by atoms with E-state index in [2.05, 4.69) is 15.0 Å². The van der Waals surface area contributed by atoms with Crippen LogP contribution in [0.2, 0.25) is 0 Å². The number of ether oxygens (including phenoxy) is 1. The summed E-state index contributed by atoms with van der Waals surface area (Å²) in [7, 11) is 1.47. The Hall–Kier alpha value is -2.50. The smallest absolute Gasteiger partial charge is 0.337 e. The lowest BCUT2D eigenvalue weighted by Gasteiger charge is -2.05. The minimum atomic E-state index is -1.04. The second-order valence-corrected chi connectivity index (χ2v) is 3.18. The number of carboxylic acids is 1. The van der Waals surface area contributed by atoms with E-state index in [1.54, 1.807) is 0 Å². The monoisotopic (exact) mass is 231 g/mol. The Morgan fingerprint density at radius 3 is 2.76 bits per heavy atom. The summed E-state index contributed by atoms with van der Waals surface area (Å²) in [5.41, 5.74) is 1.11. The van der Waals surface area contributed by atoms with Crippen LogP contribution in [-0.2, 0) is 0 Å². The zero-order valence-electron chi connectivity index (χ0n) is 8.99. The molecule has 6 nitrogen and oxygen atoms in total. The predicted octanol–water partition coefficient (Wildman–Crippen LogP) is 1.25. The number of carboxylic acid groups (broad SMARTS) is 1. The minimum Gasteiger partial charge on any atom is -0.479 e. The molecule has 0 saturated carbocycles. The minimum absolute atomic E-state index is 0.0928. The van der Waals surface area contributed by atoms with E-state index in [1.807, 2.05) is 0 Å². The Balaban J connectivity index is 2.52. The van der Waals surface area contributed by atoms with Crippen molar-refractivity contribution in [2.45, 2.75) is 0 Å². The number of carbonyl (C=O) groups is 1. The van der Waals surface area contributed by atoms with E-state index in [9.17, 15) is 4.79 Å². The molecule has 0 amide bonds. The van der Waals surface area contributed by atoms with E-state index >= 15 is 0 Å². The van der Waals surface area contributed by atoms with Gasteiger partial charge in [0.1, 0.15) is 5.69 Å². The first-order valence-electron chi connectivity index (χ1n) is 4.76. The summed E-state index contributed by atoms with van der Waals surface area (Å²) in [5.74, 6) is -0.709. The molecular formula is C11H9N3O3. The maximum Gasteiger partial charge on any atom is 0.337 e. The number of methoxy groups -OCH3 is 1. The fraction of sp³-hybridized carbons (Fsp3) is 0.0909. The van der Waals surface area contributed by atoms with E-state index in [0.29, 0.717) is 17.1 Å². The molecule has 0 aliphatic heterocycles. The third kappa shape index (κ3) is 2.20. The number of rotatable bonds is 3. The summed E-state index contributed by atoms with van der Waals surface area (Å²) < 4.78 is 5.05. The zero-order chi connectivity index (χ0) is 12.3. The fourth-order valence-electron chi connectivity index (χ4n) is 1.36. The molecule has 0 bridgehead atoms. The van der Waals surface area contributed by atoms with Gasteiger partial charge in [0, 0.05) is 30.4 Å². The highest BCUT2D eigenvalue weighted by molar-refractivity contribution is 5.88. The standard InChI is InChI=1S/C11H9N3O3/c1-17-10-9(13-2-3-14-10)7-4-8(11(15)16)6-12-5-7/h2-6H,1H3,(H,15,16). The molecule has 86 valence electrons. The molecule has 0 atom stereocenters. The van der Waals surface area contributed by atoms with Gasteiger partial charge in [0.05, 0.1) is 12.7 Å². The molecule has 1 N–H and O–H groups in total. The summed E-state index contributed by atoms with van der Waals surface area (Å²) in [4.78, 5) is 22.8. The first-order valence-corrected chi connectivity index (χ1v) is 4.76. The van der Waals surface area contributed by atoms with Gasteiger partial charge in [0.2, 0.25) is 5.88 Å². The molecule has 0 saturated heterocycles. The normalized spacial score (nSPS) is 9.94. The molecule has 17 heavy (non-hydrogen) atoms. The van der Waals surface area contributed by atoms with Gasteiger partial charge in [-0.3, -0.25) is 4.98 Å². The molecule has 0 aliphatic rings. The summed E-state index contributed by atoms with van der Waals surface area (Å²) >= 11 is 0. The van der Waals surface area contributed by atoms with Crippen LogP contribution in [0.25, 0.3) is 11.3 Å². The number of hydrogen-bond acceptors (Lipinski definition) is 5. The second-order valence-electron chi connectivity index (χ2n) is 3.18. The third-order valence-corrected chi connectivity index (χ3v) is 2.12. The molecule has 2 aromatic rings. The van der Waals surface area contributed by atoms with Gasteiger partial charge in [-0.05, 0) is 6.07 Å². The molecular weight excluding hydrogens is 222 g/mol. The van der Waals surface area contributed by atoms with Crippen LogP contribution >= 0.6 is 0 Å². The van der Waals surface area contributed by atoms with Crippen molar-refractivity contribution in [3.8, 4) is 17.1 Å². The molecule has 0 spiro atoms. The quantitative estimate of drug-likeness (QED) is 0.855. The number of hydrogen-bond donors (Lipinski definition) is 1. The summed E-state index contributed by atoms with van der Waals surface area (Å²) in [5, 5.41) is 8.88. The van der Waals surface area contributed by atoms with Gasteiger partial charge in [0.15, 0.2) is 0 Å². The van der Waals surface area contributed by atoms with Crippen LogP contribution < -0.4 is 4.74 Å². The van der Waals surface area contributed by atoms with Crippen LogP contribution in [-0.4, -0.2) is 33.1 Å². The van der Waals surface area contributed by atoms with Crippen molar-refractivity contribution in [2.24, 2.45) is 0 Å². The Morgan fingerprint density at radius 2 is 2.06 bits per heavy atom. The summed E-state index contributed by atoms with van der Waals surface area (Å²) in [6.45, 7) is 0. The highest BCUT2D eigenvalue weighted by Gasteiger charge is 2.11. The van der Waals surface area contributed by atoms with E-state index < -0.39 is 5.97 Å². The van der Waals surface area contributed by atoms with Crippen molar-refractivity contribution in [3.63, 3.8) is 0 Å². The van der Waals surface area contributed by atoms with Crippen molar-refractivity contribution >= 4 is 5.97 Å². The number of pyridine rings is 1. The molecule has 0 aliphatic carbocycles. The van der Waals surface area contributed by atoms with Crippen LogP contribution in [0, 0.1) is 0 Å². The Kier molecular flexibility index (Phi) is 2.95. The van der Waals surface area contributed by atoms with Gasteiger partial charge in [-0.25, -0.2) is 14.8 Å². The lowest BCUT2D eigenvalue weighted by Crippen LogP contribution is -1.99. The van der Waals surface area contributed by atoms with Crippen molar-refractivity contribution in [2.75, 3.05) is 7.11 Å². The maximum absolute atomic E-state index is 10.8. The lowest BCUT2D eigenvalue weighted by molar-refractivity contribution is 0.0696. The fourth-order valence-corrected chi connectivity index (χ4v) is 1.36. The van der Waals surface area contributed by atoms with Crippen LogP contribution in [0.1, 0.15) is 10.4 Å². The largest absolute Gasteiger partial charge is 0.479 e. The first kappa shape index (κ1) is 11.0. The molecule has 0 fully saturated rings. The van der Waals surface area contributed by atoms with Gasteiger partial charge in [0.25, 0.3) is 0 Å². The predicted molar refractivity (Wildman–Crippen MR) is 58.8 cm³/mol. The molecule has 0 aromatic carbocycles. The highest BCUT2D eigenvalue weighted by Crippen LogP contribution is 2.24. The average molecular weight is 231 g/mol. The van der Waals surface area contributed by atoms with Crippen LogP contribution in [0.3, 0.4) is 0 Å². The summed E-state index contributed by atoms with van der Waals surface area (Å²) in [6.07, 6.45) is 5.79. The van der Waals surface area contributed by atoms with Crippen molar-refractivity contribution in [1.29, 1.82) is 0 Å². The molecule has 2 heterocycles. The van der Waals surface area contributed by atoms with Gasteiger partial charge >= 0.3 is 5.97 Å². The van der Waals surface area contributed by atoms with Crippen LogP contribution in [0.15, 0.2) is 30.9 Å². The number of aromatic nitrogens is 3. The van der Waals surface area contributed by atoms with Crippen LogP contribution in [0.5, 0.6) is 5.88 Å². The van der Waals surface area contributed by atoms with E-state index in [-0.39, 0.29) is 5.56 Å². The van der Waals surface area contributed by atoms with Crippen molar-refractivity contribution in [3.05, 3.63) is 36.4 Å². The number of nitrogens with zero attached hydrogens (tertiary/aromatic N) is 3. The van der Waals surface area contributed by atoms with Crippen LogP contribution in [0.4, 0.5) is 0 Å². The van der Waals surface area contributed by atoms with Crippen molar-refractivity contribution in [1.82, 2.24) is 15.0 Å².